The molecule has 0 saturated heterocycles. The van der Waals surface area contributed by atoms with Crippen LogP contribution in [0.1, 0.15) is 10.4 Å². The van der Waals surface area contributed by atoms with Crippen LogP contribution in [0.5, 0.6) is 0 Å². The number of nitrogens with zero attached hydrogens (tertiary/aromatic N) is 1. The van der Waals surface area contributed by atoms with Crippen LogP contribution in [0.3, 0.4) is 0 Å². The van der Waals surface area contributed by atoms with Gasteiger partial charge in [0.15, 0.2) is 5.82 Å². The molecule has 0 unspecified atom stereocenters. The number of rotatable bonds is 5. The van der Waals surface area contributed by atoms with E-state index in [-0.39, 0.29) is 11.3 Å². The lowest BCUT2D eigenvalue weighted by molar-refractivity contribution is -0.385. The second kappa shape index (κ2) is 6.20. The lowest BCUT2D eigenvalue weighted by Crippen LogP contribution is -2.26. The number of amides is 1. The first kappa shape index (κ1) is 14.2. The maximum Gasteiger partial charge on any atom is 0.285 e. The molecule has 0 radical (unpaired) electrons. The zero-order chi connectivity index (χ0) is 13.7. The average Bonchev–Trinajstić information content (AvgIpc) is 2.32. The first-order valence-electron chi connectivity index (χ1n) is 4.98. The van der Waals surface area contributed by atoms with Crippen molar-refractivity contribution in [2.24, 2.45) is 0 Å². The quantitative estimate of drug-likeness (QED) is 0.366. The van der Waals surface area contributed by atoms with Crippen LogP contribution >= 0.6 is 11.8 Å². The summed E-state index contributed by atoms with van der Waals surface area (Å²) in [5.41, 5.74) is 4.17. The zero-order valence-corrected chi connectivity index (χ0v) is 10.4. The van der Waals surface area contributed by atoms with E-state index >= 15 is 0 Å². The number of nitrogen functional groups attached to an aromatic ring is 1. The molecule has 0 aliphatic carbocycles. The van der Waals surface area contributed by atoms with Crippen molar-refractivity contribution in [3.8, 4) is 0 Å². The molecular formula is C10H12FN3O3S. The third-order valence-electron chi connectivity index (χ3n) is 2.15. The summed E-state index contributed by atoms with van der Waals surface area (Å²) in [6.07, 6.45) is 1.87. The van der Waals surface area contributed by atoms with Crippen molar-refractivity contribution >= 4 is 29.0 Å². The predicted octanol–water partition coefficient (Wildman–Crippen LogP) is 1.41. The Morgan fingerprint density at radius 1 is 1.61 bits per heavy atom. The number of carbonyl (C=O) groups excluding carboxylic acids is 1. The van der Waals surface area contributed by atoms with Crippen LogP contribution in [0.25, 0.3) is 0 Å². The molecule has 0 atom stereocenters. The summed E-state index contributed by atoms with van der Waals surface area (Å²) in [6, 6.07) is 1.63. The molecule has 1 aromatic carbocycles. The highest BCUT2D eigenvalue weighted by molar-refractivity contribution is 7.98. The van der Waals surface area contributed by atoms with E-state index in [1.807, 2.05) is 6.26 Å². The molecule has 98 valence electrons. The molecule has 0 aromatic heterocycles. The van der Waals surface area contributed by atoms with Gasteiger partial charge in [-0.15, -0.1) is 0 Å². The van der Waals surface area contributed by atoms with Gasteiger partial charge in [0.25, 0.3) is 11.6 Å². The van der Waals surface area contributed by atoms with Gasteiger partial charge >= 0.3 is 0 Å². The molecule has 0 saturated carbocycles. The summed E-state index contributed by atoms with van der Waals surface area (Å²) in [7, 11) is 0. The molecule has 1 rings (SSSR count). The molecule has 0 fully saturated rings. The van der Waals surface area contributed by atoms with E-state index in [9.17, 15) is 19.3 Å². The van der Waals surface area contributed by atoms with Crippen molar-refractivity contribution in [1.29, 1.82) is 0 Å². The van der Waals surface area contributed by atoms with Crippen LogP contribution in [0.2, 0.25) is 0 Å². The third kappa shape index (κ3) is 3.33. The minimum Gasteiger partial charge on any atom is -0.396 e. The van der Waals surface area contributed by atoms with Crippen LogP contribution < -0.4 is 11.1 Å². The van der Waals surface area contributed by atoms with Crippen molar-refractivity contribution in [2.75, 3.05) is 24.3 Å². The highest BCUT2D eigenvalue weighted by atomic mass is 32.2. The van der Waals surface area contributed by atoms with Crippen molar-refractivity contribution in [2.45, 2.75) is 0 Å². The molecule has 6 nitrogen and oxygen atoms in total. The highest BCUT2D eigenvalue weighted by Crippen LogP contribution is 2.24. The van der Waals surface area contributed by atoms with Gasteiger partial charge in [0.2, 0.25) is 0 Å². The van der Waals surface area contributed by atoms with Gasteiger partial charge in [-0.05, 0) is 12.3 Å². The number of thioether (sulfide) groups is 1. The lowest BCUT2D eigenvalue weighted by Gasteiger charge is -2.06. The first-order valence-corrected chi connectivity index (χ1v) is 6.37. The number of benzene rings is 1. The average molecular weight is 273 g/mol. The Bertz CT molecular complexity index is 482. The van der Waals surface area contributed by atoms with Crippen LogP contribution in [0, 0.1) is 15.9 Å². The Labute approximate surface area is 107 Å². The lowest BCUT2D eigenvalue weighted by atomic mass is 10.1. The fraction of sp³-hybridized carbons (Fsp3) is 0.300. The summed E-state index contributed by atoms with van der Waals surface area (Å²) in [4.78, 5) is 21.6. The van der Waals surface area contributed by atoms with Gasteiger partial charge in [-0.3, -0.25) is 14.9 Å². The fourth-order valence-electron chi connectivity index (χ4n) is 1.27. The van der Waals surface area contributed by atoms with Crippen LogP contribution in [-0.2, 0) is 0 Å². The fourth-order valence-corrected chi connectivity index (χ4v) is 1.58. The molecule has 3 N–H and O–H groups in total. The van der Waals surface area contributed by atoms with E-state index in [4.69, 9.17) is 5.73 Å². The van der Waals surface area contributed by atoms with Gasteiger partial charge in [-0.1, -0.05) is 0 Å². The molecule has 0 aliphatic rings. The molecule has 18 heavy (non-hydrogen) atoms. The van der Waals surface area contributed by atoms with E-state index in [0.29, 0.717) is 18.4 Å². The summed E-state index contributed by atoms with van der Waals surface area (Å²) in [5.74, 6) is -0.874. The minimum absolute atomic E-state index is 0.236. The SMILES string of the molecule is CSCCNC(=O)c1cc(N)c(F)cc1[N+](=O)[O-]. The molecule has 0 bridgehead atoms. The number of hydrogen-bond donors (Lipinski definition) is 2. The zero-order valence-electron chi connectivity index (χ0n) is 9.60. The second-order valence-electron chi connectivity index (χ2n) is 3.40. The van der Waals surface area contributed by atoms with Crippen molar-refractivity contribution in [3.05, 3.63) is 33.6 Å². The van der Waals surface area contributed by atoms with E-state index < -0.39 is 22.3 Å². The highest BCUT2D eigenvalue weighted by Gasteiger charge is 2.22. The number of anilines is 1. The van der Waals surface area contributed by atoms with E-state index in [0.717, 1.165) is 6.07 Å². The maximum absolute atomic E-state index is 13.1. The van der Waals surface area contributed by atoms with E-state index in [1.54, 1.807) is 0 Å². The number of halogens is 1. The molecule has 0 heterocycles. The summed E-state index contributed by atoms with van der Waals surface area (Å²) >= 11 is 1.52. The predicted molar refractivity (Wildman–Crippen MR) is 68.2 cm³/mol. The molecule has 0 aliphatic heterocycles. The minimum atomic E-state index is -0.914. The van der Waals surface area contributed by atoms with Crippen LogP contribution in [0.15, 0.2) is 12.1 Å². The van der Waals surface area contributed by atoms with Gasteiger partial charge < -0.3 is 11.1 Å². The van der Waals surface area contributed by atoms with Gasteiger partial charge in [0.1, 0.15) is 5.56 Å². The number of nitrogens with two attached hydrogens (primary N) is 1. The number of carbonyl (C=O) groups is 1. The van der Waals surface area contributed by atoms with Gasteiger partial charge in [0.05, 0.1) is 16.7 Å². The third-order valence-corrected chi connectivity index (χ3v) is 2.76. The summed E-state index contributed by atoms with van der Waals surface area (Å²) in [6.45, 7) is 0.369. The number of hydrogen-bond acceptors (Lipinski definition) is 5. The second-order valence-corrected chi connectivity index (χ2v) is 4.38. The Hall–Kier alpha value is -1.83. The Morgan fingerprint density at radius 2 is 2.28 bits per heavy atom. The topological polar surface area (TPSA) is 98.3 Å². The van der Waals surface area contributed by atoms with Gasteiger partial charge in [-0.25, -0.2) is 4.39 Å². The van der Waals surface area contributed by atoms with Gasteiger partial charge in [0, 0.05) is 12.3 Å². The maximum atomic E-state index is 13.1. The van der Waals surface area contributed by atoms with Crippen LogP contribution in [0.4, 0.5) is 15.8 Å². The molecule has 1 amide bonds. The number of nitro benzene ring substituents is 1. The van der Waals surface area contributed by atoms with Crippen molar-refractivity contribution in [3.63, 3.8) is 0 Å². The molecular weight excluding hydrogens is 261 g/mol. The van der Waals surface area contributed by atoms with Gasteiger partial charge in [-0.2, -0.15) is 11.8 Å². The van der Waals surface area contributed by atoms with Crippen molar-refractivity contribution < 1.29 is 14.1 Å². The Morgan fingerprint density at radius 3 is 2.83 bits per heavy atom. The normalized spacial score (nSPS) is 10.1. The Balaban J connectivity index is 3.02. The first-order chi connectivity index (χ1) is 8.47. The summed E-state index contributed by atoms with van der Waals surface area (Å²) in [5, 5.41) is 13.2. The van der Waals surface area contributed by atoms with Crippen molar-refractivity contribution in [1.82, 2.24) is 5.32 Å². The largest absolute Gasteiger partial charge is 0.396 e. The molecule has 1 aromatic rings. The summed E-state index contributed by atoms with van der Waals surface area (Å²) < 4.78 is 13.1. The standard InChI is InChI=1S/C10H12FN3O3S/c1-18-3-2-13-10(15)6-4-8(12)7(11)5-9(6)14(16)17/h4-5H,2-3,12H2,1H3,(H,13,15). The van der Waals surface area contributed by atoms with E-state index in [2.05, 4.69) is 5.32 Å². The van der Waals surface area contributed by atoms with E-state index in [1.165, 1.54) is 11.8 Å². The molecule has 8 heteroatoms. The Kier molecular flexibility index (Phi) is 4.90. The van der Waals surface area contributed by atoms with Crippen LogP contribution in [-0.4, -0.2) is 29.4 Å². The number of nitro groups is 1. The molecule has 0 spiro atoms. The number of nitrogens with one attached hydrogen (secondary N) is 1. The smallest absolute Gasteiger partial charge is 0.285 e. The monoisotopic (exact) mass is 273 g/mol.